The molecule has 1 rings (SSSR count). The highest BCUT2D eigenvalue weighted by atomic mass is 79.9. The smallest absolute Gasteiger partial charge is 0.174 e. The predicted octanol–water partition coefficient (Wildman–Crippen LogP) is 3.46. The molecule has 0 atom stereocenters. The van der Waals surface area contributed by atoms with Gasteiger partial charge in [-0.25, -0.2) is 0 Å². The normalized spacial score (nSPS) is 10.1. The van der Waals surface area contributed by atoms with Gasteiger partial charge in [0.25, 0.3) is 0 Å². The number of rotatable bonds is 6. The van der Waals surface area contributed by atoms with Gasteiger partial charge in [-0.3, -0.25) is 0 Å². The van der Waals surface area contributed by atoms with Gasteiger partial charge in [0.1, 0.15) is 0 Å². The van der Waals surface area contributed by atoms with Crippen LogP contribution in [0.1, 0.15) is 5.56 Å². The monoisotopic (exact) mass is 363 g/mol. The van der Waals surface area contributed by atoms with Gasteiger partial charge >= 0.3 is 0 Å². The van der Waals surface area contributed by atoms with Crippen molar-refractivity contribution in [1.82, 2.24) is 5.32 Å². The molecule has 0 heterocycles. The molecule has 0 spiro atoms. The molecule has 0 unspecified atom stereocenters. The molecule has 0 aliphatic rings. The third-order valence-electron chi connectivity index (χ3n) is 2.14. The van der Waals surface area contributed by atoms with Gasteiger partial charge in [-0.1, -0.05) is 22.5 Å². The molecule has 0 amide bonds. The maximum atomic E-state index is 5.28. The Hall–Kier alpha value is -0.520. The topological polar surface area (TPSA) is 30.5 Å². The predicted molar refractivity (Wildman–Crippen MR) is 77.0 cm³/mol. The first-order valence-electron chi connectivity index (χ1n) is 5.03. The van der Waals surface area contributed by atoms with Crippen LogP contribution in [-0.2, 0) is 6.54 Å². The standard InChI is InChI=1S/C12H15Br2NO2/c1-8(13)6-15-7-9-4-10(14)12(17-3)11(5-9)16-2/h4-5,15H,1,6-7H2,2-3H3. The highest BCUT2D eigenvalue weighted by molar-refractivity contribution is 9.11. The molecule has 0 aliphatic carbocycles. The highest BCUT2D eigenvalue weighted by Gasteiger charge is 2.10. The number of nitrogens with one attached hydrogen (secondary N) is 1. The Balaban J connectivity index is 2.80. The lowest BCUT2D eigenvalue weighted by molar-refractivity contribution is 0.352. The summed E-state index contributed by atoms with van der Waals surface area (Å²) in [6.07, 6.45) is 0. The van der Waals surface area contributed by atoms with Gasteiger partial charge in [0.2, 0.25) is 0 Å². The molecule has 0 saturated heterocycles. The van der Waals surface area contributed by atoms with Crippen LogP contribution in [0.15, 0.2) is 27.7 Å². The summed E-state index contributed by atoms with van der Waals surface area (Å²) in [4.78, 5) is 0. The Kier molecular flexibility index (Phi) is 6.02. The van der Waals surface area contributed by atoms with Gasteiger partial charge in [0.15, 0.2) is 11.5 Å². The van der Waals surface area contributed by atoms with Crippen LogP contribution in [0.5, 0.6) is 11.5 Å². The summed E-state index contributed by atoms with van der Waals surface area (Å²) in [5.74, 6) is 1.43. The SMILES string of the molecule is C=C(Br)CNCc1cc(Br)c(OC)c(OC)c1. The molecule has 94 valence electrons. The minimum atomic E-state index is 0.709. The van der Waals surface area contributed by atoms with E-state index in [9.17, 15) is 0 Å². The zero-order valence-electron chi connectivity index (χ0n) is 9.85. The third kappa shape index (κ3) is 4.33. The summed E-state index contributed by atoms with van der Waals surface area (Å²) in [6.45, 7) is 5.23. The lowest BCUT2D eigenvalue weighted by atomic mass is 10.2. The van der Waals surface area contributed by atoms with Gasteiger partial charge in [-0.05, 0) is 33.6 Å². The van der Waals surface area contributed by atoms with Crippen molar-refractivity contribution < 1.29 is 9.47 Å². The molecule has 0 aliphatic heterocycles. The van der Waals surface area contributed by atoms with Gasteiger partial charge in [0.05, 0.1) is 18.7 Å². The fourth-order valence-corrected chi connectivity index (χ4v) is 2.27. The molecular formula is C12H15Br2NO2. The first-order chi connectivity index (χ1) is 8.08. The molecule has 5 heteroatoms. The summed E-state index contributed by atoms with van der Waals surface area (Å²) in [5, 5.41) is 3.25. The number of methoxy groups -OCH3 is 2. The van der Waals surface area contributed by atoms with Crippen molar-refractivity contribution in [3.63, 3.8) is 0 Å². The summed E-state index contributed by atoms with van der Waals surface area (Å²) < 4.78 is 12.3. The van der Waals surface area contributed by atoms with E-state index >= 15 is 0 Å². The Labute approximate surface area is 118 Å². The molecule has 3 nitrogen and oxygen atoms in total. The Morgan fingerprint density at radius 3 is 2.59 bits per heavy atom. The maximum absolute atomic E-state index is 5.28. The number of hydrogen-bond acceptors (Lipinski definition) is 3. The zero-order chi connectivity index (χ0) is 12.8. The van der Waals surface area contributed by atoms with Crippen LogP contribution in [0.4, 0.5) is 0 Å². The molecule has 0 aromatic heterocycles. The molecule has 1 N–H and O–H groups in total. The second kappa shape index (κ2) is 7.03. The molecule has 1 aromatic rings. The third-order valence-corrected chi connectivity index (χ3v) is 3.01. The Morgan fingerprint density at radius 2 is 2.06 bits per heavy atom. The van der Waals surface area contributed by atoms with Crippen LogP contribution in [0.2, 0.25) is 0 Å². The van der Waals surface area contributed by atoms with E-state index < -0.39 is 0 Å². The average Bonchev–Trinajstić information content (AvgIpc) is 2.27. The van der Waals surface area contributed by atoms with Crippen molar-refractivity contribution in [3.05, 3.63) is 33.2 Å². The lowest BCUT2D eigenvalue weighted by Gasteiger charge is -2.12. The van der Waals surface area contributed by atoms with E-state index in [4.69, 9.17) is 9.47 Å². The lowest BCUT2D eigenvalue weighted by Crippen LogP contribution is -2.14. The minimum Gasteiger partial charge on any atom is -0.493 e. The molecule has 0 radical (unpaired) electrons. The van der Waals surface area contributed by atoms with Gasteiger partial charge in [0, 0.05) is 17.6 Å². The van der Waals surface area contributed by atoms with Crippen molar-refractivity contribution in [2.24, 2.45) is 0 Å². The van der Waals surface area contributed by atoms with Crippen molar-refractivity contribution in [3.8, 4) is 11.5 Å². The van der Waals surface area contributed by atoms with Crippen LogP contribution in [-0.4, -0.2) is 20.8 Å². The second-order valence-corrected chi connectivity index (χ2v) is 5.41. The van der Waals surface area contributed by atoms with E-state index in [0.29, 0.717) is 5.75 Å². The van der Waals surface area contributed by atoms with Crippen molar-refractivity contribution in [1.29, 1.82) is 0 Å². The summed E-state index contributed by atoms with van der Waals surface area (Å²) in [5.41, 5.74) is 1.11. The number of hydrogen-bond donors (Lipinski definition) is 1. The van der Waals surface area contributed by atoms with Crippen LogP contribution in [0.3, 0.4) is 0 Å². The quantitative estimate of drug-likeness (QED) is 0.838. The van der Waals surface area contributed by atoms with E-state index in [-0.39, 0.29) is 0 Å². The summed E-state index contributed by atoms with van der Waals surface area (Å²) in [7, 11) is 3.25. The van der Waals surface area contributed by atoms with Gasteiger partial charge in [-0.15, -0.1) is 0 Å². The molecule has 1 aromatic carbocycles. The molecule has 0 fully saturated rings. The minimum absolute atomic E-state index is 0.709. The Bertz CT molecular complexity index is 408. The van der Waals surface area contributed by atoms with Gasteiger partial charge < -0.3 is 14.8 Å². The molecule has 17 heavy (non-hydrogen) atoms. The van der Waals surface area contributed by atoms with E-state index in [0.717, 1.165) is 33.4 Å². The van der Waals surface area contributed by atoms with E-state index in [2.05, 4.69) is 43.8 Å². The highest BCUT2D eigenvalue weighted by Crippen LogP contribution is 2.36. The fraction of sp³-hybridized carbons (Fsp3) is 0.333. The second-order valence-electron chi connectivity index (χ2n) is 3.43. The summed E-state index contributed by atoms with van der Waals surface area (Å²) >= 11 is 6.76. The molecule has 0 bridgehead atoms. The van der Waals surface area contributed by atoms with Crippen LogP contribution < -0.4 is 14.8 Å². The summed E-state index contributed by atoms with van der Waals surface area (Å²) in [6, 6.07) is 3.96. The van der Waals surface area contributed by atoms with E-state index in [1.54, 1.807) is 14.2 Å². The average molecular weight is 365 g/mol. The van der Waals surface area contributed by atoms with Crippen molar-refractivity contribution in [2.45, 2.75) is 6.54 Å². The van der Waals surface area contributed by atoms with Crippen LogP contribution in [0.25, 0.3) is 0 Å². The molecule has 0 saturated carbocycles. The maximum Gasteiger partial charge on any atom is 0.174 e. The number of ether oxygens (including phenoxy) is 2. The first-order valence-corrected chi connectivity index (χ1v) is 6.61. The van der Waals surface area contributed by atoms with Crippen LogP contribution in [0, 0.1) is 0 Å². The van der Waals surface area contributed by atoms with E-state index in [1.165, 1.54) is 0 Å². The van der Waals surface area contributed by atoms with Crippen molar-refractivity contribution >= 4 is 31.9 Å². The van der Waals surface area contributed by atoms with Crippen LogP contribution >= 0.6 is 31.9 Å². The van der Waals surface area contributed by atoms with Crippen molar-refractivity contribution in [2.75, 3.05) is 20.8 Å². The zero-order valence-corrected chi connectivity index (χ0v) is 13.0. The first kappa shape index (κ1) is 14.5. The molecular weight excluding hydrogens is 350 g/mol. The number of halogens is 2. The van der Waals surface area contributed by atoms with E-state index in [1.807, 2.05) is 12.1 Å². The fourth-order valence-electron chi connectivity index (χ4n) is 1.42. The number of benzene rings is 1. The largest absolute Gasteiger partial charge is 0.493 e. The van der Waals surface area contributed by atoms with Gasteiger partial charge in [-0.2, -0.15) is 0 Å². The Morgan fingerprint density at radius 1 is 1.35 bits per heavy atom.